The Morgan fingerprint density at radius 1 is 1.43 bits per heavy atom. The molecule has 2 N–H and O–H groups in total. The van der Waals surface area contributed by atoms with Gasteiger partial charge in [0, 0.05) is 25.4 Å². The fourth-order valence-corrected chi connectivity index (χ4v) is 3.20. The SMILES string of the molecule is CCc1nn(C)cc1CNC(=O)[C@H]1CC(C)C[C@H]1C(=O)O. The number of rotatable bonds is 5. The van der Waals surface area contributed by atoms with Crippen LogP contribution in [0.4, 0.5) is 0 Å². The van der Waals surface area contributed by atoms with Crippen LogP contribution in [0.15, 0.2) is 6.20 Å². The average Bonchev–Trinajstić information content (AvgIpc) is 2.98. The van der Waals surface area contributed by atoms with Crippen LogP contribution in [-0.4, -0.2) is 26.8 Å². The first kappa shape index (κ1) is 15.5. The monoisotopic (exact) mass is 293 g/mol. The fourth-order valence-electron chi connectivity index (χ4n) is 3.20. The number of hydrogen-bond donors (Lipinski definition) is 2. The van der Waals surface area contributed by atoms with E-state index in [1.807, 2.05) is 27.1 Å². The third kappa shape index (κ3) is 3.43. The molecule has 1 fully saturated rings. The summed E-state index contributed by atoms with van der Waals surface area (Å²) >= 11 is 0. The molecule has 0 bridgehead atoms. The highest BCUT2D eigenvalue weighted by Gasteiger charge is 2.41. The van der Waals surface area contributed by atoms with Gasteiger partial charge in [-0.3, -0.25) is 14.3 Å². The number of nitrogens with zero attached hydrogens (tertiary/aromatic N) is 2. The van der Waals surface area contributed by atoms with Crippen LogP contribution in [-0.2, 0) is 29.6 Å². The fraction of sp³-hybridized carbons (Fsp3) is 0.667. The second kappa shape index (κ2) is 6.28. The molecule has 1 unspecified atom stereocenters. The number of carboxylic acids is 1. The van der Waals surface area contributed by atoms with Crippen molar-refractivity contribution in [3.63, 3.8) is 0 Å². The molecule has 0 radical (unpaired) electrons. The smallest absolute Gasteiger partial charge is 0.307 e. The number of aryl methyl sites for hydroxylation is 2. The highest BCUT2D eigenvalue weighted by molar-refractivity contribution is 5.85. The third-order valence-electron chi connectivity index (χ3n) is 4.23. The van der Waals surface area contributed by atoms with Gasteiger partial charge in [0.2, 0.25) is 5.91 Å². The molecule has 1 aromatic rings. The predicted molar refractivity (Wildman–Crippen MR) is 77.4 cm³/mol. The Balaban J connectivity index is 1.99. The first-order valence-electron chi connectivity index (χ1n) is 7.44. The maximum atomic E-state index is 12.3. The zero-order valence-electron chi connectivity index (χ0n) is 12.8. The quantitative estimate of drug-likeness (QED) is 0.858. The normalized spacial score (nSPS) is 25.0. The van der Waals surface area contributed by atoms with E-state index in [1.165, 1.54) is 0 Å². The lowest BCUT2D eigenvalue weighted by molar-refractivity contribution is -0.146. The van der Waals surface area contributed by atoms with Crippen molar-refractivity contribution in [1.29, 1.82) is 0 Å². The summed E-state index contributed by atoms with van der Waals surface area (Å²) < 4.78 is 1.73. The molecule has 3 atom stereocenters. The molecule has 0 aromatic carbocycles. The molecule has 1 saturated carbocycles. The summed E-state index contributed by atoms with van der Waals surface area (Å²) in [6, 6.07) is 0. The molecule has 1 aliphatic carbocycles. The van der Waals surface area contributed by atoms with E-state index in [0.717, 1.165) is 17.7 Å². The summed E-state index contributed by atoms with van der Waals surface area (Å²) in [4.78, 5) is 23.5. The van der Waals surface area contributed by atoms with Gasteiger partial charge < -0.3 is 10.4 Å². The van der Waals surface area contributed by atoms with Crippen molar-refractivity contribution in [2.24, 2.45) is 24.8 Å². The minimum absolute atomic E-state index is 0.155. The van der Waals surface area contributed by atoms with Crippen molar-refractivity contribution in [3.8, 4) is 0 Å². The Hall–Kier alpha value is -1.85. The maximum Gasteiger partial charge on any atom is 0.307 e. The van der Waals surface area contributed by atoms with Crippen LogP contribution in [0, 0.1) is 17.8 Å². The number of amides is 1. The van der Waals surface area contributed by atoms with Gasteiger partial charge in [-0.1, -0.05) is 13.8 Å². The molecule has 1 heterocycles. The van der Waals surface area contributed by atoms with E-state index in [9.17, 15) is 14.7 Å². The minimum Gasteiger partial charge on any atom is -0.481 e. The molecule has 6 nitrogen and oxygen atoms in total. The van der Waals surface area contributed by atoms with Gasteiger partial charge >= 0.3 is 5.97 Å². The van der Waals surface area contributed by atoms with Crippen LogP contribution in [0.2, 0.25) is 0 Å². The molecule has 21 heavy (non-hydrogen) atoms. The Morgan fingerprint density at radius 3 is 2.71 bits per heavy atom. The highest BCUT2D eigenvalue weighted by Crippen LogP contribution is 2.36. The number of carbonyl (C=O) groups excluding carboxylic acids is 1. The molecule has 0 aliphatic heterocycles. The molecular weight excluding hydrogens is 270 g/mol. The largest absolute Gasteiger partial charge is 0.481 e. The molecule has 2 rings (SSSR count). The van der Waals surface area contributed by atoms with Gasteiger partial charge in [-0.2, -0.15) is 5.10 Å². The van der Waals surface area contributed by atoms with Gasteiger partial charge in [0.1, 0.15) is 0 Å². The summed E-state index contributed by atoms with van der Waals surface area (Å²) in [6.07, 6.45) is 3.94. The van der Waals surface area contributed by atoms with E-state index in [0.29, 0.717) is 19.4 Å². The Kier molecular flexibility index (Phi) is 4.65. The summed E-state index contributed by atoms with van der Waals surface area (Å²) in [6.45, 7) is 4.43. The molecule has 0 spiro atoms. The zero-order chi connectivity index (χ0) is 15.6. The second-order valence-corrected chi connectivity index (χ2v) is 5.97. The van der Waals surface area contributed by atoms with Gasteiger partial charge in [-0.15, -0.1) is 0 Å². The molecule has 1 aromatic heterocycles. The van der Waals surface area contributed by atoms with Crippen molar-refractivity contribution < 1.29 is 14.7 Å². The van der Waals surface area contributed by atoms with E-state index in [1.54, 1.807) is 4.68 Å². The summed E-state index contributed by atoms with van der Waals surface area (Å²) in [5.41, 5.74) is 1.96. The average molecular weight is 293 g/mol. The first-order chi connectivity index (χ1) is 9.92. The number of carbonyl (C=O) groups is 2. The lowest BCUT2D eigenvalue weighted by atomic mass is 9.95. The Morgan fingerprint density at radius 2 is 2.10 bits per heavy atom. The van der Waals surface area contributed by atoms with E-state index >= 15 is 0 Å². The van der Waals surface area contributed by atoms with Crippen molar-refractivity contribution >= 4 is 11.9 Å². The topological polar surface area (TPSA) is 84.2 Å². The number of nitrogens with one attached hydrogen (secondary N) is 1. The number of aromatic nitrogens is 2. The van der Waals surface area contributed by atoms with Gasteiger partial charge in [0.15, 0.2) is 0 Å². The summed E-state index contributed by atoms with van der Waals surface area (Å²) in [7, 11) is 1.85. The van der Waals surface area contributed by atoms with E-state index < -0.39 is 17.8 Å². The van der Waals surface area contributed by atoms with Gasteiger partial charge in [-0.25, -0.2) is 0 Å². The molecule has 1 aliphatic rings. The van der Waals surface area contributed by atoms with Gasteiger partial charge in [0.25, 0.3) is 0 Å². The van der Waals surface area contributed by atoms with Crippen molar-refractivity contribution in [2.75, 3.05) is 0 Å². The van der Waals surface area contributed by atoms with E-state index in [-0.39, 0.29) is 11.8 Å². The van der Waals surface area contributed by atoms with Gasteiger partial charge in [0.05, 0.1) is 17.5 Å². The predicted octanol–water partition coefficient (Wildman–Crippen LogP) is 1.35. The van der Waals surface area contributed by atoms with Crippen LogP contribution in [0.25, 0.3) is 0 Å². The highest BCUT2D eigenvalue weighted by atomic mass is 16.4. The van der Waals surface area contributed by atoms with Crippen molar-refractivity contribution in [3.05, 3.63) is 17.5 Å². The number of carboxylic acid groups (broad SMARTS) is 1. The minimum atomic E-state index is -0.866. The first-order valence-corrected chi connectivity index (χ1v) is 7.44. The van der Waals surface area contributed by atoms with Crippen LogP contribution < -0.4 is 5.32 Å². The van der Waals surface area contributed by atoms with Crippen molar-refractivity contribution in [1.82, 2.24) is 15.1 Å². The molecule has 1 amide bonds. The van der Waals surface area contributed by atoms with E-state index in [4.69, 9.17) is 0 Å². The Labute approximate surface area is 124 Å². The lowest BCUT2D eigenvalue weighted by Gasteiger charge is -2.15. The number of hydrogen-bond acceptors (Lipinski definition) is 3. The standard InChI is InChI=1S/C15H23N3O3/c1-4-13-10(8-18(3)17-13)7-16-14(19)11-5-9(2)6-12(11)15(20)21/h8-9,11-12H,4-7H2,1-3H3,(H,16,19)(H,20,21)/t9?,11-,12+/m0/s1. The maximum absolute atomic E-state index is 12.3. The van der Waals surface area contributed by atoms with Crippen LogP contribution in [0.3, 0.4) is 0 Å². The van der Waals surface area contributed by atoms with Crippen LogP contribution in [0.1, 0.15) is 37.9 Å². The zero-order valence-corrected chi connectivity index (χ0v) is 12.8. The van der Waals surface area contributed by atoms with Gasteiger partial charge in [-0.05, 0) is 25.2 Å². The summed E-state index contributed by atoms with van der Waals surface area (Å²) in [5.74, 6) is -1.71. The molecular formula is C15H23N3O3. The van der Waals surface area contributed by atoms with Crippen LogP contribution >= 0.6 is 0 Å². The lowest BCUT2D eigenvalue weighted by Crippen LogP contribution is -2.35. The van der Waals surface area contributed by atoms with E-state index in [2.05, 4.69) is 10.4 Å². The third-order valence-corrected chi connectivity index (χ3v) is 4.23. The molecule has 0 saturated heterocycles. The van der Waals surface area contributed by atoms with Crippen LogP contribution in [0.5, 0.6) is 0 Å². The summed E-state index contributed by atoms with van der Waals surface area (Å²) in [5, 5.41) is 16.4. The second-order valence-electron chi connectivity index (χ2n) is 5.97. The molecule has 116 valence electrons. The molecule has 6 heteroatoms. The number of aliphatic carboxylic acids is 1. The Bertz CT molecular complexity index is 538. The van der Waals surface area contributed by atoms with Crippen molar-refractivity contribution in [2.45, 2.75) is 39.7 Å².